The van der Waals surface area contributed by atoms with Gasteiger partial charge in [0.05, 0.1) is 17.5 Å². The van der Waals surface area contributed by atoms with Crippen molar-refractivity contribution < 1.29 is 34.1 Å². The number of ether oxygens (including phenoxy) is 1. The number of para-hydroxylation sites is 1. The van der Waals surface area contributed by atoms with Gasteiger partial charge in [0, 0.05) is 31.9 Å². The van der Waals surface area contributed by atoms with Gasteiger partial charge in [-0.1, -0.05) is 24.3 Å². The SMILES string of the molecule is CC(C)OC(=O)Nc1ccc2c(c1)N(C(=O)N1CCN(C)CC1)c1ccccc1CC2.O=C(O)C(=O)O. The number of carbonyl (C=O) groups is 4. The summed E-state index contributed by atoms with van der Waals surface area (Å²) in [5, 5.41) is 17.6. The van der Waals surface area contributed by atoms with Crippen molar-refractivity contribution in [1.82, 2.24) is 9.80 Å². The summed E-state index contributed by atoms with van der Waals surface area (Å²) in [6, 6.07) is 13.8. The summed E-state index contributed by atoms with van der Waals surface area (Å²) in [7, 11) is 2.08. The van der Waals surface area contributed by atoms with Crippen LogP contribution in [0.3, 0.4) is 0 Å². The van der Waals surface area contributed by atoms with E-state index < -0.39 is 18.0 Å². The normalized spacial score (nSPS) is 14.9. The van der Waals surface area contributed by atoms with Crippen LogP contribution in [0.2, 0.25) is 0 Å². The number of carboxylic acids is 2. The third kappa shape index (κ3) is 7.20. The van der Waals surface area contributed by atoms with Gasteiger partial charge in [0.15, 0.2) is 0 Å². The number of nitrogens with one attached hydrogen (secondary N) is 1. The molecule has 0 aliphatic carbocycles. The molecule has 4 rings (SSSR count). The fraction of sp³-hybridized carbons (Fsp3) is 0.385. The number of fused-ring (bicyclic) bond motifs is 2. The van der Waals surface area contributed by atoms with E-state index in [4.69, 9.17) is 24.5 Å². The highest BCUT2D eigenvalue weighted by Gasteiger charge is 2.31. The first kappa shape index (κ1) is 27.5. The number of anilines is 3. The number of rotatable bonds is 2. The Balaban J connectivity index is 0.000000568. The van der Waals surface area contributed by atoms with E-state index in [9.17, 15) is 9.59 Å². The van der Waals surface area contributed by atoms with Crippen molar-refractivity contribution in [3.8, 4) is 0 Å². The highest BCUT2D eigenvalue weighted by Crippen LogP contribution is 2.38. The quantitative estimate of drug-likeness (QED) is 0.520. The van der Waals surface area contributed by atoms with Crippen LogP contribution in [0.25, 0.3) is 0 Å². The zero-order valence-electron chi connectivity index (χ0n) is 21.1. The molecule has 1 fully saturated rings. The third-order valence-corrected chi connectivity index (χ3v) is 5.96. The first-order valence-corrected chi connectivity index (χ1v) is 12.0. The molecular weight excluding hydrogens is 480 g/mol. The Bertz CT molecular complexity index is 1150. The summed E-state index contributed by atoms with van der Waals surface area (Å²) in [6.07, 6.45) is 0.983. The van der Waals surface area contributed by atoms with Crippen LogP contribution < -0.4 is 10.2 Å². The van der Waals surface area contributed by atoms with Gasteiger partial charge in [-0.15, -0.1) is 0 Å². The molecule has 2 aliphatic rings. The number of hydrogen-bond acceptors (Lipinski definition) is 6. The first-order valence-electron chi connectivity index (χ1n) is 12.0. The van der Waals surface area contributed by atoms with Gasteiger partial charge in [-0.25, -0.2) is 19.2 Å². The second kappa shape index (κ2) is 12.2. The summed E-state index contributed by atoms with van der Waals surface area (Å²) >= 11 is 0. The molecule has 2 aromatic rings. The average Bonchev–Trinajstić information content (AvgIpc) is 3.00. The van der Waals surface area contributed by atoms with E-state index in [2.05, 4.69) is 23.3 Å². The summed E-state index contributed by atoms with van der Waals surface area (Å²) < 4.78 is 5.22. The molecule has 0 atom stereocenters. The molecule has 2 aliphatic heterocycles. The molecule has 11 nitrogen and oxygen atoms in total. The molecule has 3 N–H and O–H groups in total. The first-order chi connectivity index (χ1) is 17.6. The maximum atomic E-state index is 13.7. The number of aliphatic carboxylic acids is 2. The lowest BCUT2D eigenvalue weighted by atomic mass is 10.0. The van der Waals surface area contributed by atoms with Gasteiger partial charge in [0.25, 0.3) is 0 Å². The average molecular weight is 513 g/mol. The standard InChI is InChI=1S/C24H30N4O3.C2H2O4/c1-17(2)31-23(29)25-20-11-10-19-9-8-18-6-4-5-7-21(18)28(22(19)16-20)24(30)27-14-12-26(3)13-15-27;3-1(4)2(5)6/h4-7,10-11,16-17H,8-9,12-15H2,1-3H3,(H,25,29);(H,3,4)(H,5,6). The number of urea groups is 1. The number of aryl methyl sites for hydroxylation is 2. The Morgan fingerprint density at radius 2 is 1.46 bits per heavy atom. The van der Waals surface area contributed by atoms with E-state index >= 15 is 0 Å². The lowest BCUT2D eigenvalue weighted by Crippen LogP contribution is -2.51. The van der Waals surface area contributed by atoms with Crippen molar-refractivity contribution in [2.24, 2.45) is 0 Å². The van der Waals surface area contributed by atoms with Crippen LogP contribution in [0, 0.1) is 0 Å². The molecular formula is C26H32N4O7. The zero-order chi connectivity index (χ0) is 27.1. The van der Waals surface area contributed by atoms with E-state index in [1.54, 1.807) is 0 Å². The summed E-state index contributed by atoms with van der Waals surface area (Å²) in [5.41, 5.74) is 4.57. The molecule has 198 valence electrons. The maximum Gasteiger partial charge on any atom is 0.414 e. The Morgan fingerprint density at radius 3 is 2.05 bits per heavy atom. The summed E-state index contributed by atoms with van der Waals surface area (Å²) in [5.74, 6) is -3.65. The predicted molar refractivity (Wildman–Crippen MR) is 137 cm³/mol. The van der Waals surface area contributed by atoms with E-state index in [1.165, 1.54) is 0 Å². The molecule has 0 saturated carbocycles. The fourth-order valence-electron chi connectivity index (χ4n) is 4.11. The molecule has 2 aromatic carbocycles. The number of hydrogen-bond donors (Lipinski definition) is 3. The minimum Gasteiger partial charge on any atom is -0.473 e. The Kier molecular flexibility index (Phi) is 9.07. The van der Waals surface area contributed by atoms with Gasteiger partial charge in [-0.2, -0.15) is 0 Å². The van der Waals surface area contributed by atoms with Crippen LogP contribution in [0.1, 0.15) is 25.0 Å². The third-order valence-electron chi connectivity index (χ3n) is 5.96. The Labute approximate surface area is 215 Å². The number of amides is 3. The molecule has 0 radical (unpaired) electrons. The number of carbonyl (C=O) groups excluding carboxylic acids is 2. The molecule has 3 amide bonds. The van der Waals surface area contributed by atoms with E-state index in [0.29, 0.717) is 18.8 Å². The minimum atomic E-state index is -1.82. The van der Waals surface area contributed by atoms with Crippen molar-refractivity contribution >= 4 is 41.1 Å². The molecule has 0 spiro atoms. The smallest absolute Gasteiger partial charge is 0.414 e. The Hall–Kier alpha value is -4.12. The fourth-order valence-corrected chi connectivity index (χ4v) is 4.11. The number of nitrogens with zero attached hydrogens (tertiary/aromatic N) is 3. The molecule has 11 heteroatoms. The lowest BCUT2D eigenvalue weighted by molar-refractivity contribution is -0.159. The number of likely N-dealkylation sites (N-methyl/N-ethyl adjacent to an activating group) is 1. The highest BCUT2D eigenvalue weighted by atomic mass is 16.6. The van der Waals surface area contributed by atoms with Gasteiger partial charge in [0.1, 0.15) is 0 Å². The minimum absolute atomic E-state index is 0.0226. The number of benzene rings is 2. The lowest BCUT2D eigenvalue weighted by Gasteiger charge is -2.36. The number of carboxylic acid groups (broad SMARTS) is 2. The predicted octanol–water partition coefficient (Wildman–Crippen LogP) is 3.40. The summed E-state index contributed by atoms with van der Waals surface area (Å²) in [6.45, 7) is 6.73. The van der Waals surface area contributed by atoms with Crippen molar-refractivity contribution in [2.45, 2.75) is 32.8 Å². The highest BCUT2D eigenvalue weighted by molar-refractivity contribution is 6.27. The van der Waals surface area contributed by atoms with Crippen molar-refractivity contribution in [2.75, 3.05) is 43.4 Å². The molecule has 0 unspecified atom stereocenters. The maximum absolute atomic E-state index is 13.7. The van der Waals surface area contributed by atoms with Gasteiger partial charge in [-0.05, 0) is 63.1 Å². The van der Waals surface area contributed by atoms with Crippen LogP contribution in [0.15, 0.2) is 42.5 Å². The van der Waals surface area contributed by atoms with Gasteiger partial charge in [-0.3, -0.25) is 10.2 Å². The van der Waals surface area contributed by atoms with Crippen molar-refractivity contribution in [1.29, 1.82) is 0 Å². The van der Waals surface area contributed by atoms with E-state index in [1.807, 2.05) is 60.0 Å². The second-order valence-electron chi connectivity index (χ2n) is 9.07. The van der Waals surface area contributed by atoms with Crippen molar-refractivity contribution in [3.63, 3.8) is 0 Å². The second-order valence-corrected chi connectivity index (χ2v) is 9.07. The monoisotopic (exact) mass is 512 g/mol. The molecule has 1 saturated heterocycles. The van der Waals surface area contributed by atoms with Gasteiger partial charge < -0.3 is 24.7 Å². The van der Waals surface area contributed by atoms with E-state index in [0.717, 1.165) is 48.4 Å². The van der Waals surface area contributed by atoms with Crippen LogP contribution in [0.5, 0.6) is 0 Å². The molecule has 0 bridgehead atoms. The van der Waals surface area contributed by atoms with Crippen LogP contribution in [-0.4, -0.2) is 83.4 Å². The Morgan fingerprint density at radius 1 is 0.865 bits per heavy atom. The van der Waals surface area contributed by atoms with Gasteiger partial charge in [0.2, 0.25) is 0 Å². The molecule has 2 heterocycles. The molecule has 0 aromatic heterocycles. The topological polar surface area (TPSA) is 140 Å². The van der Waals surface area contributed by atoms with E-state index in [-0.39, 0.29) is 12.1 Å². The van der Waals surface area contributed by atoms with Crippen LogP contribution in [0.4, 0.5) is 26.7 Å². The van der Waals surface area contributed by atoms with Crippen LogP contribution >= 0.6 is 0 Å². The van der Waals surface area contributed by atoms with Crippen molar-refractivity contribution in [3.05, 3.63) is 53.6 Å². The summed E-state index contributed by atoms with van der Waals surface area (Å²) in [4.78, 5) is 50.0. The van der Waals surface area contributed by atoms with Crippen LogP contribution in [-0.2, 0) is 27.2 Å². The zero-order valence-corrected chi connectivity index (χ0v) is 21.1. The number of piperazine rings is 1. The van der Waals surface area contributed by atoms with Gasteiger partial charge >= 0.3 is 24.1 Å². The largest absolute Gasteiger partial charge is 0.473 e. The molecule has 37 heavy (non-hydrogen) atoms.